The maximum Gasteiger partial charge on any atom is 0.407 e. The van der Waals surface area contributed by atoms with Crippen LogP contribution in [0.4, 0.5) is 4.79 Å². The number of carbonyl (C=O) groups is 2. The molecule has 0 aromatic rings. The number of hydrogen-bond donors (Lipinski definition) is 1. The number of likely N-dealkylation sites (tertiary alicyclic amines) is 1. The van der Waals surface area contributed by atoms with Gasteiger partial charge in [-0.25, -0.2) is 4.79 Å². The lowest BCUT2D eigenvalue weighted by Crippen LogP contribution is -2.53. The first-order chi connectivity index (χ1) is 9.79. The lowest BCUT2D eigenvalue weighted by molar-refractivity contribution is -0.136. The predicted octanol–water partition coefficient (Wildman–Crippen LogP) is 2.40. The molecule has 1 aliphatic carbocycles. The molecule has 2 amide bonds. The Hall–Kier alpha value is -1.26. The molecule has 0 bridgehead atoms. The van der Waals surface area contributed by atoms with Crippen LogP contribution in [0.15, 0.2) is 0 Å². The SMILES string of the molecule is COC(=O)N[C@H](C(=O)N1CC2(CC2)CC1C(C)C)C(C)C. The van der Waals surface area contributed by atoms with Crippen LogP contribution in [0.2, 0.25) is 0 Å². The van der Waals surface area contributed by atoms with Gasteiger partial charge in [0.1, 0.15) is 6.04 Å². The van der Waals surface area contributed by atoms with E-state index in [1.807, 2.05) is 18.7 Å². The summed E-state index contributed by atoms with van der Waals surface area (Å²) in [6.07, 6.45) is 3.04. The van der Waals surface area contributed by atoms with Crippen molar-refractivity contribution in [2.45, 2.75) is 59.0 Å². The number of nitrogens with one attached hydrogen (secondary N) is 1. The first kappa shape index (κ1) is 16.1. The molecule has 2 atom stereocenters. The van der Waals surface area contributed by atoms with Crippen molar-refractivity contribution in [1.82, 2.24) is 10.2 Å². The van der Waals surface area contributed by atoms with Crippen molar-refractivity contribution in [3.8, 4) is 0 Å². The minimum atomic E-state index is -0.538. The van der Waals surface area contributed by atoms with Gasteiger partial charge in [0.05, 0.1) is 7.11 Å². The number of alkyl carbamates (subject to hydrolysis) is 1. The normalized spacial score (nSPS) is 24.5. The third-order valence-electron chi connectivity index (χ3n) is 4.95. The van der Waals surface area contributed by atoms with Crippen molar-refractivity contribution in [3.05, 3.63) is 0 Å². The molecule has 5 nitrogen and oxygen atoms in total. The quantitative estimate of drug-likeness (QED) is 0.866. The van der Waals surface area contributed by atoms with Crippen LogP contribution >= 0.6 is 0 Å². The molecule has 1 saturated carbocycles. The molecule has 1 aliphatic heterocycles. The van der Waals surface area contributed by atoms with Crippen LogP contribution < -0.4 is 5.32 Å². The third kappa shape index (κ3) is 3.33. The van der Waals surface area contributed by atoms with Gasteiger partial charge in [-0.2, -0.15) is 0 Å². The van der Waals surface area contributed by atoms with Crippen molar-refractivity contribution in [2.24, 2.45) is 17.3 Å². The van der Waals surface area contributed by atoms with Crippen LogP contribution in [0.3, 0.4) is 0 Å². The van der Waals surface area contributed by atoms with Gasteiger partial charge in [0.15, 0.2) is 0 Å². The summed E-state index contributed by atoms with van der Waals surface area (Å²) >= 11 is 0. The Kier molecular flexibility index (Phi) is 4.49. The molecule has 0 aromatic carbocycles. The lowest BCUT2D eigenvalue weighted by atomic mass is 9.95. The van der Waals surface area contributed by atoms with Gasteiger partial charge in [0.2, 0.25) is 5.91 Å². The van der Waals surface area contributed by atoms with Crippen molar-refractivity contribution >= 4 is 12.0 Å². The van der Waals surface area contributed by atoms with Gasteiger partial charge in [0.25, 0.3) is 0 Å². The van der Waals surface area contributed by atoms with Gasteiger partial charge in [-0.15, -0.1) is 0 Å². The van der Waals surface area contributed by atoms with Crippen LogP contribution in [0.5, 0.6) is 0 Å². The summed E-state index contributed by atoms with van der Waals surface area (Å²) in [6, 6.07) is -0.215. The van der Waals surface area contributed by atoms with Gasteiger partial charge in [-0.05, 0) is 36.5 Å². The number of methoxy groups -OCH3 is 1. The molecule has 1 spiro atoms. The van der Waals surface area contributed by atoms with E-state index in [1.54, 1.807) is 0 Å². The van der Waals surface area contributed by atoms with Gasteiger partial charge >= 0.3 is 6.09 Å². The van der Waals surface area contributed by atoms with E-state index in [-0.39, 0.29) is 11.8 Å². The highest BCUT2D eigenvalue weighted by Gasteiger charge is 2.54. The first-order valence-electron chi connectivity index (χ1n) is 7.94. The second-order valence-corrected chi connectivity index (χ2v) is 7.34. The molecule has 1 saturated heterocycles. The predicted molar refractivity (Wildman–Crippen MR) is 80.8 cm³/mol. The molecule has 1 unspecified atom stereocenters. The Labute approximate surface area is 127 Å². The fourth-order valence-electron chi connectivity index (χ4n) is 3.35. The Morgan fingerprint density at radius 3 is 2.29 bits per heavy atom. The molecule has 0 aromatic heterocycles. The van der Waals surface area contributed by atoms with E-state index in [9.17, 15) is 9.59 Å². The van der Waals surface area contributed by atoms with Crippen LogP contribution in [0, 0.1) is 17.3 Å². The summed E-state index contributed by atoms with van der Waals surface area (Å²) in [5, 5.41) is 2.70. The van der Waals surface area contributed by atoms with Crippen molar-refractivity contribution in [2.75, 3.05) is 13.7 Å². The average molecular weight is 296 g/mol. The molecule has 5 heteroatoms. The van der Waals surface area contributed by atoms with Crippen LogP contribution in [0.1, 0.15) is 47.0 Å². The van der Waals surface area contributed by atoms with E-state index in [2.05, 4.69) is 23.9 Å². The monoisotopic (exact) mass is 296 g/mol. The second kappa shape index (κ2) is 5.85. The summed E-state index contributed by atoms with van der Waals surface area (Å²) < 4.78 is 4.65. The van der Waals surface area contributed by atoms with Gasteiger partial charge in [-0.3, -0.25) is 4.79 Å². The summed E-state index contributed by atoms with van der Waals surface area (Å²) in [5.74, 6) is 0.526. The van der Waals surface area contributed by atoms with Crippen LogP contribution in [-0.4, -0.2) is 42.6 Å². The largest absolute Gasteiger partial charge is 0.453 e. The molecule has 2 aliphatic rings. The number of amides is 2. The second-order valence-electron chi connectivity index (χ2n) is 7.34. The summed E-state index contributed by atoms with van der Waals surface area (Å²) in [7, 11) is 1.32. The molecular weight excluding hydrogens is 268 g/mol. The highest BCUT2D eigenvalue weighted by Crippen LogP contribution is 2.55. The summed E-state index contributed by atoms with van der Waals surface area (Å²) in [5.41, 5.74) is 0.372. The number of carbonyl (C=O) groups excluding carboxylic acids is 2. The van der Waals surface area contributed by atoms with E-state index < -0.39 is 12.1 Å². The Balaban J connectivity index is 2.13. The van der Waals surface area contributed by atoms with E-state index in [0.717, 1.165) is 13.0 Å². The first-order valence-corrected chi connectivity index (χ1v) is 7.94. The number of rotatable bonds is 4. The van der Waals surface area contributed by atoms with Crippen LogP contribution in [0.25, 0.3) is 0 Å². The fraction of sp³-hybridized carbons (Fsp3) is 0.875. The molecular formula is C16H28N2O3. The summed E-state index contributed by atoms with van der Waals surface area (Å²) in [6.45, 7) is 9.09. The van der Waals surface area contributed by atoms with Crippen molar-refractivity contribution in [1.29, 1.82) is 0 Å². The number of ether oxygens (including phenoxy) is 1. The third-order valence-corrected chi connectivity index (χ3v) is 4.95. The minimum absolute atomic E-state index is 0.0397. The van der Waals surface area contributed by atoms with Crippen molar-refractivity contribution in [3.63, 3.8) is 0 Å². The average Bonchev–Trinajstić information content (AvgIpc) is 3.05. The van der Waals surface area contributed by atoms with Gasteiger partial charge in [0, 0.05) is 12.6 Å². The maximum absolute atomic E-state index is 12.9. The number of nitrogens with zero attached hydrogens (tertiary/aromatic N) is 1. The van der Waals surface area contributed by atoms with E-state index >= 15 is 0 Å². The molecule has 2 fully saturated rings. The zero-order chi connectivity index (χ0) is 15.8. The minimum Gasteiger partial charge on any atom is -0.453 e. The Bertz CT molecular complexity index is 416. The Morgan fingerprint density at radius 1 is 1.24 bits per heavy atom. The van der Waals surface area contributed by atoms with E-state index in [4.69, 9.17) is 0 Å². The lowest BCUT2D eigenvalue weighted by Gasteiger charge is -2.32. The van der Waals surface area contributed by atoms with Gasteiger partial charge < -0.3 is 15.0 Å². The maximum atomic E-state index is 12.9. The Morgan fingerprint density at radius 2 is 1.86 bits per heavy atom. The molecule has 2 rings (SSSR count). The molecule has 21 heavy (non-hydrogen) atoms. The smallest absolute Gasteiger partial charge is 0.407 e. The molecule has 0 radical (unpaired) electrons. The number of hydrogen-bond acceptors (Lipinski definition) is 3. The van der Waals surface area contributed by atoms with Crippen LogP contribution in [-0.2, 0) is 9.53 Å². The molecule has 120 valence electrons. The fourth-order valence-corrected chi connectivity index (χ4v) is 3.35. The highest BCUT2D eigenvalue weighted by atomic mass is 16.5. The standard InChI is InChI=1S/C16H28N2O3/c1-10(2)12-8-16(6-7-16)9-18(12)14(19)13(11(3)4)17-15(20)21-5/h10-13H,6-9H2,1-5H3,(H,17,20)/t12?,13-/m0/s1. The van der Waals surface area contributed by atoms with E-state index in [1.165, 1.54) is 20.0 Å². The topological polar surface area (TPSA) is 58.6 Å². The van der Waals surface area contributed by atoms with Gasteiger partial charge in [-0.1, -0.05) is 27.7 Å². The highest BCUT2D eigenvalue weighted by molar-refractivity contribution is 5.86. The van der Waals surface area contributed by atoms with E-state index in [0.29, 0.717) is 17.4 Å². The molecule has 1 heterocycles. The molecule has 1 N–H and O–H groups in total. The zero-order valence-corrected chi connectivity index (χ0v) is 13.8. The summed E-state index contributed by atoms with van der Waals surface area (Å²) in [4.78, 5) is 26.4. The van der Waals surface area contributed by atoms with Crippen molar-refractivity contribution < 1.29 is 14.3 Å². The zero-order valence-electron chi connectivity index (χ0n) is 13.8.